The fourth-order valence-corrected chi connectivity index (χ4v) is 6.84. The zero-order valence-electron chi connectivity index (χ0n) is 10.4. The van der Waals surface area contributed by atoms with Gasteiger partial charge in [-0.05, 0) is 50.4 Å². The van der Waals surface area contributed by atoms with Gasteiger partial charge in [-0.3, -0.25) is 4.18 Å². The molecule has 6 heteroatoms. The lowest BCUT2D eigenvalue weighted by Crippen LogP contribution is -2.39. The van der Waals surface area contributed by atoms with Gasteiger partial charge in [0, 0.05) is 5.92 Å². The lowest BCUT2D eigenvalue weighted by Gasteiger charge is -2.30. The van der Waals surface area contributed by atoms with E-state index in [1.807, 2.05) is 0 Å². The van der Waals surface area contributed by atoms with Crippen LogP contribution in [-0.4, -0.2) is 22.5 Å². The number of hydrogen-bond donors (Lipinski definition) is 0. The Bertz CT molecular complexity index is 526. The molecule has 5 atom stereocenters. The van der Waals surface area contributed by atoms with Crippen molar-refractivity contribution in [2.75, 3.05) is 0 Å². The summed E-state index contributed by atoms with van der Waals surface area (Å²) in [7, 11) is -3.49. The Morgan fingerprint density at radius 1 is 1.00 bits per heavy atom. The van der Waals surface area contributed by atoms with E-state index < -0.39 is 14.9 Å². The summed E-state index contributed by atoms with van der Waals surface area (Å²) in [5.74, 6) is 3.73. The highest BCUT2D eigenvalue weighted by atomic mass is 79.9. The third-order valence-corrected chi connectivity index (χ3v) is 9.33. The van der Waals surface area contributed by atoms with Crippen molar-refractivity contribution in [3.63, 3.8) is 0 Å². The van der Waals surface area contributed by atoms with Gasteiger partial charge in [0.15, 0.2) is 0 Å². The highest BCUT2D eigenvalue weighted by Gasteiger charge is 2.91. The van der Waals surface area contributed by atoms with Crippen molar-refractivity contribution in [2.24, 2.45) is 35.5 Å². The summed E-state index contributed by atoms with van der Waals surface area (Å²) in [6.07, 6.45) is -0.113. The van der Waals surface area contributed by atoms with Crippen molar-refractivity contribution in [3.8, 4) is 0 Å². The maximum atomic E-state index is 12.2. The molecule has 0 saturated heterocycles. The SMILES string of the molecule is CC(C)(C)S(=O)(=O)OC1C2C3C2C3C2C1C2(Br)Br. The number of halogens is 2. The first-order valence-electron chi connectivity index (χ1n) is 6.40. The maximum Gasteiger partial charge on any atom is 0.272 e. The monoisotopic (exact) mass is 398 g/mol. The molecule has 4 aliphatic carbocycles. The minimum absolute atomic E-state index is 0.0685. The molecule has 0 bridgehead atoms. The minimum atomic E-state index is -3.49. The lowest BCUT2D eigenvalue weighted by atomic mass is 9.86. The van der Waals surface area contributed by atoms with Crippen LogP contribution in [0.3, 0.4) is 0 Å². The van der Waals surface area contributed by atoms with E-state index in [4.69, 9.17) is 4.18 Å². The molecule has 0 spiro atoms. The first kappa shape index (κ1) is 12.6. The van der Waals surface area contributed by atoms with Gasteiger partial charge in [0.05, 0.1) is 14.1 Å². The Kier molecular flexibility index (Phi) is 2.13. The molecule has 4 fully saturated rings. The molecule has 0 aromatic rings. The standard InChI is InChI=1S/C12H16Br2O3S/c1-11(2,3)18(15,16)17-10-7-4-5(7)6(4)8-9(10)12(8,13)14/h4-10H,1-3H3. The van der Waals surface area contributed by atoms with Crippen molar-refractivity contribution in [3.05, 3.63) is 0 Å². The molecule has 4 aliphatic rings. The number of fused-ring (bicyclic) bond motifs is 4. The van der Waals surface area contributed by atoms with Crippen molar-refractivity contribution in [1.29, 1.82) is 0 Å². The quantitative estimate of drug-likeness (QED) is 0.529. The normalized spacial score (nSPS) is 54.4. The van der Waals surface area contributed by atoms with Gasteiger partial charge in [-0.2, -0.15) is 8.42 Å². The zero-order chi connectivity index (χ0) is 13.2. The number of hydrogen-bond acceptors (Lipinski definition) is 3. The molecule has 4 saturated carbocycles. The molecule has 0 aromatic heterocycles. The predicted octanol–water partition coefficient (Wildman–Crippen LogP) is 2.74. The topological polar surface area (TPSA) is 43.4 Å². The highest BCUT2D eigenvalue weighted by molar-refractivity contribution is 9.25. The lowest BCUT2D eigenvalue weighted by molar-refractivity contribution is 0.0847. The number of rotatable bonds is 2. The molecular formula is C12H16Br2O3S. The van der Waals surface area contributed by atoms with E-state index in [9.17, 15) is 8.42 Å². The van der Waals surface area contributed by atoms with E-state index in [1.165, 1.54) is 0 Å². The maximum absolute atomic E-state index is 12.2. The van der Waals surface area contributed by atoms with Gasteiger partial charge in [-0.1, -0.05) is 31.9 Å². The Balaban J connectivity index is 1.60. The van der Waals surface area contributed by atoms with E-state index in [1.54, 1.807) is 20.8 Å². The highest BCUT2D eigenvalue weighted by Crippen LogP contribution is 2.91. The molecule has 18 heavy (non-hydrogen) atoms. The molecule has 3 nitrogen and oxygen atoms in total. The van der Waals surface area contributed by atoms with Crippen LogP contribution in [0.4, 0.5) is 0 Å². The molecule has 0 heterocycles. The van der Waals surface area contributed by atoms with Crippen molar-refractivity contribution < 1.29 is 12.6 Å². The predicted molar refractivity (Wildman–Crippen MR) is 75.1 cm³/mol. The van der Waals surface area contributed by atoms with Crippen molar-refractivity contribution >= 4 is 42.0 Å². The van der Waals surface area contributed by atoms with Crippen LogP contribution in [0.1, 0.15) is 20.8 Å². The van der Waals surface area contributed by atoms with Crippen LogP contribution in [0.15, 0.2) is 0 Å². The Labute approximate surface area is 124 Å². The molecule has 5 unspecified atom stereocenters. The van der Waals surface area contributed by atoms with E-state index in [0.29, 0.717) is 17.8 Å². The van der Waals surface area contributed by atoms with Crippen LogP contribution >= 0.6 is 31.9 Å². The summed E-state index contributed by atoms with van der Waals surface area (Å²) in [6.45, 7) is 5.09. The smallest absolute Gasteiger partial charge is 0.266 e. The molecule has 102 valence electrons. The molecule has 4 rings (SSSR count). The third-order valence-electron chi connectivity index (χ3n) is 5.24. The van der Waals surface area contributed by atoms with Gasteiger partial charge in [-0.15, -0.1) is 0 Å². The van der Waals surface area contributed by atoms with E-state index in [-0.39, 0.29) is 9.34 Å². The Morgan fingerprint density at radius 3 is 2.06 bits per heavy atom. The fraction of sp³-hybridized carbons (Fsp3) is 1.00. The average molecular weight is 400 g/mol. The summed E-state index contributed by atoms with van der Waals surface area (Å²) in [5.41, 5.74) is 0. The molecule has 0 N–H and O–H groups in total. The first-order valence-corrected chi connectivity index (χ1v) is 9.39. The van der Waals surface area contributed by atoms with Crippen LogP contribution in [0, 0.1) is 35.5 Å². The average Bonchev–Trinajstić information content (AvgIpc) is 3.02. The van der Waals surface area contributed by atoms with Gasteiger partial charge >= 0.3 is 0 Å². The summed E-state index contributed by atoms with van der Waals surface area (Å²) >= 11 is 7.40. The molecular weight excluding hydrogens is 384 g/mol. The van der Waals surface area contributed by atoms with Crippen molar-refractivity contribution in [2.45, 2.75) is 34.9 Å². The van der Waals surface area contributed by atoms with Crippen molar-refractivity contribution in [1.82, 2.24) is 0 Å². The zero-order valence-corrected chi connectivity index (χ0v) is 14.4. The van der Waals surface area contributed by atoms with E-state index in [2.05, 4.69) is 31.9 Å². The summed E-state index contributed by atoms with van der Waals surface area (Å²) < 4.78 is 29.1. The summed E-state index contributed by atoms with van der Waals surface area (Å²) in [5, 5.41) is 0. The van der Waals surface area contributed by atoms with Crippen LogP contribution < -0.4 is 0 Å². The Morgan fingerprint density at radius 2 is 1.56 bits per heavy atom. The molecule has 0 aliphatic heterocycles. The van der Waals surface area contributed by atoms with Crippen LogP contribution in [-0.2, 0) is 14.3 Å². The third kappa shape index (κ3) is 1.31. The van der Waals surface area contributed by atoms with Gasteiger partial charge in [0.2, 0.25) is 0 Å². The van der Waals surface area contributed by atoms with Crippen LogP contribution in [0.25, 0.3) is 0 Å². The van der Waals surface area contributed by atoms with Gasteiger partial charge < -0.3 is 0 Å². The first-order chi connectivity index (χ1) is 8.09. The van der Waals surface area contributed by atoms with E-state index in [0.717, 1.165) is 17.8 Å². The fourth-order valence-electron chi connectivity index (χ4n) is 4.00. The van der Waals surface area contributed by atoms with Crippen LogP contribution in [0.5, 0.6) is 0 Å². The van der Waals surface area contributed by atoms with Gasteiger partial charge in [0.25, 0.3) is 10.1 Å². The minimum Gasteiger partial charge on any atom is -0.266 e. The molecule has 0 radical (unpaired) electrons. The molecule has 0 amide bonds. The van der Waals surface area contributed by atoms with E-state index >= 15 is 0 Å². The number of alkyl halides is 2. The van der Waals surface area contributed by atoms with Crippen LogP contribution in [0.2, 0.25) is 0 Å². The van der Waals surface area contributed by atoms with Gasteiger partial charge in [-0.25, -0.2) is 0 Å². The Hall–Kier alpha value is 0.870. The largest absolute Gasteiger partial charge is 0.272 e. The molecule has 0 aromatic carbocycles. The second-order valence-electron chi connectivity index (χ2n) is 7.16. The second-order valence-corrected chi connectivity index (χ2v) is 13.2. The van der Waals surface area contributed by atoms with Gasteiger partial charge in [0.1, 0.15) is 0 Å². The summed E-state index contributed by atoms with van der Waals surface area (Å²) in [6, 6.07) is 0. The second kappa shape index (κ2) is 3.04. The summed E-state index contributed by atoms with van der Waals surface area (Å²) in [4.78, 5) is 0.